The zero-order chi connectivity index (χ0) is 19.2. The molecule has 3 heterocycles. The average Bonchev–Trinajstić information content (AvgIpc) is 2.83. The largest absolute Gasteiger partial charge is 0.507 e. The molecule has 0 aromatic carbocycles. The fourth-order valence-corrected chi connectivity index (χ4v) is 6.12. The quantitative estimate of drug-likeness (QED) is 0.870. The molecular weight excluding hydrogens is 340 g/mol. The first-order valence-corrected chi connectivity index (χ1v) is 10.5. The molecule has 0 unspecified atom stereocenters. The maximum Gasteiger partial charge on any atom is 0.343 e. The molecule has 5 heteroatoms. The van der Waals surface area contributed by atoms with Crippen molar-refractivity contribution in [3.63, 3.8) is 0 Å². The lowest BCUT2D eigenvalue weighted by Gasteiger charge is -2.39. The highest BCUT2D eigenvalue weighted by Crippen LogP contribution is 2.52. The Morgan fingerprint density at radius 1 is 1.15 bits per heavy atom. The number of nitrogens with zero attached hydrogens (tertiary/aromatic N) is 2. The highest BCUT2D eigenvalue weighted by Gasteiger charge is 2.49. The van der Waals surface area contributed by atoms with Crippen LogP contribution in [-0.2, 0) is 13.1 Å². The van der Waals surface area contributed by atoms with E-state index in [4.69, 9.17) is 4.42 Å². The van der Waals surface area contributed by atoms with Gasteiger partial charge in [0.05, 0.1) is 5.56 Å². The minimum Gasteiger partial charge on any atom is -0.507 e. The Hall–Kier alpha value is -1.33. The number of likely N-dealkylation sites (tertiary alicyclic amines) is 2. The van der Waals surface area contributed by atoms with Gasteiger partial charge in [0.1, 0.15) is 12.0 Å². The van der Waals surface area contributed by atoms with Crippen molar-refractivity contribution in [2.75, 3.05) is 19.6 Å². The van der Waals surface area contributed by atoms with Gasteiger partial charge in [0.2, 0.25) is 0 Å². The standard InChI is InChI=1S/C22H34N2O3/c1-21(2)9-17-10-22(3,14-21)15-24(17)12-18-19(25)16(13-27-20(18)26)11-23-7-5-4-6-8-23/h13,17,25H,4-12,14-15H2,1-3H3/t17-,22-/m0/s1. The summed E-state index contributed by atoms with van der Waals surface area (Å²) in [6.45, 7) is 11.3. The molecule has 1 aliphatic carbocycles. The van der Waals surface area contributed by atoms with Crippen molar-refractivity contribution >= 4 is 0 Å². The number of aromatic hydroxyl groups is 1. The summed E-state index contributed by atoms with van der Waals surface area (Å²) in [4.78, 5) is 17.2. The van der Waals surface area contributed by atoms with Gasteiger partial charge < -0.3 is 9.52 Å². The van der Waals surface area contributed by atoms with Crippen LogP contribution in [0, 0.1) is 10.8 Å². The highest BCUT2D eigenvalue weighted by molar-refractivity contribution is 5.36. The van der Waals surface area contributed by atoms with E-state index in [0.717, 1.165) is 31.6 Å². The molecule has 1 aromatic heterocycles. The van der Waals surface area contributed by atoms with Gasteiger partial charge in [-0.1, -0.05) is 27.2 Å². The molecule has 0 radical (unpaired) electrons. The Bertz CT molecular complexity index is 750. The van der Waals surface area contributed by atoms with E-state index in [0.29, 0.717) is 35.5 Å². The van der Waals surface area contributed by atoms with Crippen molar-refractivity contribution in [3.8, 4) is 5.75 Å². The number of hydrogen-bond acceptors (Lipinski definition) is 5. The molecule has 4 rings (SSSR count). The van der Waals surface area contributed by atoms with Gasteiger partial charge in [0, 0.05) is 31.2 Å². The van der Waals surface area contributed by atoms with E-state index in [-0.39, 0.29) is 11.4 Å². The smallest absolute Gasteiger partial charge is 0.343 e. The van der Waals surface area contributed by atoms with Gasteiger partial charge in [0.25, 0.3) is 0 Å². The molecule has 2 saturated heterocycles. The lowest BCUT2D eigenvalue weighted by atomic mass is 9.65. The van der Waals surface area contributed by atoms with Crippen LogP contribution in [0.5, 0.6) is 5.75 Å². The van der Waals surface area contributed by atoms with Gasteiger partial charge in [-0.3, -0.25) is 9.80 Å². The summed E-state index contributed by atoms with van der Waals surface area (Å²) < 4.78 is 5.33. The lowest BCUT2D eigenvalue weighted by molar-refractivity contribution is 0.126. The molecule has 3 fully saturated rings. The second-order valence-corrected chi connectivity index (χ2v) is 10.3. The van der Waals surface area contributed by atoms with E-state index < -0.39 is 0 Å². The third kappa shape index (κ3) is 3.95. The van der Waals surface area contributed by atoms with Crippen molar-refractivity contribution in [2.24, 2.45) is 10.8 Å². The van der Waals surface area contributed by atoms with E-state index in [1.165, 1.54) is 38.4 Å². The zero-order valence-corrected chi connectivity index (χ0v) is 17.1. The normalized spacial score (nSPS) is 31.3. The summed E-state index contributed by atoms with van der Waals surface area (Å²) >= 11 is 0. The topological polar surface area (TPSA) is 56.9 Å². The molecule has 2 aliphatic heterocycles. The lowest BCUT2D eigenvalue weighted by Crippen LogP contribution is -2.35. The molecule has 150 valence electrons. The van der Waals surface area contributed by atoms with E-state index in [1.54, 1.807) is 0 Å². The molecule has 1 saturated carbocycles. The Labute approximate surface area is 162 Å². The van der Waals surface area contributed by atoms with Crippen LogP contribution >= 0.6 is 0 Å². The van der Waals surface area contributed by atoms with Gasteiger partial charge in [0.15, 0.2) is 0 Å². The van der Waals surface area contributed by atoms with Gasteiger partial charge in [-0.05, 0) is 56.0 Å². The summed E-state index contributed by atoms with van der Waals surface area (Å²) in [5.41, 5.74) is 1.46. The van der Waals surface area contributed by atoms with Gasteiger partial charge in [-0.2, -0.15) is 0 Å². The van der Waals surface area contributed by atoms with Crippen LogP contribution in [0.25, 0.3) is 0 Å². The molecule has 2 atom stereocenters. The van der Waals surface area contributed by atoms with Crippen molar-refractivity contribution in [1.82, 2.24) is 9.80 Å². The Morgan fingerprint density at radius 2 is 1.89 bits per heavy atom. The fourth-order valence-electron chi connectivity index (χ4n) is 6.12. The second kappa shape index (κ2) is 6.93. The van der Waals surface area contributed by atoms with Crippen LogP contribution in [-0.4, -0.2) is 40.6 Å². The molecule has 1 N–H and O–H groups in total. The predicted molar refractivity (Wildman–Crippen MR) is 106 cm³/mol. The van der Waals surface area contributed by atoms with Gasteiger partial charge >= 0.3 is 5.63 Å². The van der Waals surface area contributed by atoms with Crippen LogP contribution < -0.4 is 5.63 Å². The van der Waals surface area contributed by atoms with Crippen molar-refractivity contribution in [2.45, 2.75) is 78.4 Å². The van der Waals surface area contributed by atoms with Crippen LogP contribution in [0.4, 0.5) is 0 Å². The summed E-state index contributed by atoms with van der Waals surface area (Å²) in [5, 5.41) is 10.9. The first kappa shape index (κ1) is 19.0. The van der Waals surface area contributed by atoms with Crippen LogP contribution in [0.2, 0.25) is 0 Å². The summed E-state index contributed by atoms with van der Waals surface area (Å²) in [6.07, 6.45) is 8.72. The molecule has 0 amide bonds. The maximum atomic E-state index is 12.4. The number of piperidine rings is 1. The van der Waals surface area contributed by atoms with Gasteiger partial charge in [-0.15, -0.1) is 0 Å². The maximum absolute atomic E-state index is 12.4. The van der Waals surface area contributed by atoms with E-state index in [9.17, 15) is 9.90 Å². The molecule has 2 bridgehead atoms. The molecule has 5 nitrogen and oxygen atoms in total. The highest BCUT2D eigenvalue weighted by atomic mass is 16.4. The number of fused-ring (bicyclic) bond motifs is 2. The van der Waals surface area contributed by atoms with E-state index >= 15 is 0 Å². The van der Waals surface area contributed by atoms with Crippen LogP contribution in [0.15, 0.2) is 15.5 Å². The van der Waals surface area contributed by atoms with E-state index in [1.807, 2.05) is 0 Å². The first-order chi connectivity index (χ1) is 12.7. The molecule has 1 aromatic rings. The average molecular weight is 375 g/mol. The SMILES string of the molecule is CC1(C)C[C@H]2C[C@](C)(CN2Cc2c(O)c(CN3CCCCC3)coc2=O)C1. The first-order valence-electron chi connectivity index (χ1n) is 10.5. The fraction of sp³-hybridized carbons (Fsp3) is 0.773. The zero-order valence-electron chi connectivity index (χ0n) is 17.1. The predicted octanol–water partition coefficient (Wildman–Crippen LogP) is 3.73. The molecule has 3 aliphatic rings. The third-order valence-corrected chi connectivity index (χ3v) is 6.87. The summed E-state index contributed by atoms with van der Waals surface area (Å²) in [7, 11) is 0. The van der Waals surface area contributed by atoms with Gasteiger partial charge in [-0.25, -0.2) is 4.79 Å². The van der Waals surface area contributed by atoms with Crippen LogP contribution in [0.3, 0.4) is 0 Å². The molecule has 27 heavy (non-hydrogen) atoms. The third-order valence-electron chi connectivity index (χ3n) is 6.87. The minimum absolute atomic E-state index is 0.155. The second-order valence-electron chi connectivity index (χ2n) is 10.3. The minimum atomic E-state index is -0.388. The molecular formula is C22H34N2O3. The monoisotopic (exact) mass is 374 g/mol. The van der Waals surface area contributed by atoms with E-state index in [2.05, 4.69) is 30.6 Å². The number of rotatable bonds is 4. The summed E-state index contributed by atoms with van der Waals surface area (Å²) in [5.74, 6) is 0.155. The molecule has 0 spiro atoms. The Morgan fingerprint density at radius 3 is 2.63 bits per heavy atom. The van der Waals surface area contributed by atoms with Crippen molar-refractivity contribution in [1.29, 1.82) is 0 Å². The van der Waals surface area contributed by atoms with Crippen molar-refractivity contribution < 1.29 is 9.52 Å². The number of hydrogen-bond donors (Lipinski definition) is 1. The van der Waals surface area contributed by atoms with Crippen LogP contribution in [0.1, 0.15) is 70.4 Å². The summed E-state index contributed by atoms with van der Waals surface area (Å²) in [6, 6.07) is 0.489. The Balaban J connectivity index is 1.54. The van der Waals surface area contributed by atoms with Crippen molar-refractivity contribution in [3.05, 3.63) is 27.8 Å². The Kier molecular flexibility index (Phi) is 4.88.